The van der Waals surface area contributed by atoms with Crippen molar-refractivity contribution < 1.29 is 0 Å². The van der Waals surface area contributed by atoms with Crippen molar-refractivity contribution >= 4 is 0 Å². The Morgan fingerprint density at radius 1 is 1.24 bits per heavy atom. The van der Waals surface area contributed by atoms with Crippen LogP contribution in [0.25, 0.3) is 0 Å². The Balaban J connectivity index is 2.15. The van der Waals surface area contributed by atoms with Gasteiger partial charge in [-0.3, -0.25) is 4.90 Å². The van der Waals surface area contributed by atoms with E-state index in [1.807, 2.05) is 0 Å². The molecule has 0 radical (unpaired) electrons. The summed E-state index contributed by atoms with van der Waals surface area (Å²) in [5, 5.41) is 3.66. The maximum atomic E-state index is 3.66. The van der Waals surface area contributed by atoms with Crippen molar-refractivity contribution in [3.05, 3.63) is 35.9 Å². The van der Waals surface area contributed by atoms with Crippen molar-refractivity contribution in [2.45, 2.75) is 58.5 Å². The smallest absolute Gasteiger partial charge is 0.0177 e. The molecule has 0 aromatic heterocycles. The fraction of sp³-hybridized carbons (Fsp3) is 0.684. The van der Waals surface area contributed by atoms with Gasteiger partial charge in [0.1, 0.15) is 0 Å². The van der Waals surface area contributed by atoms with E-state index in [9.17, 15) is 0 Å². The van der Waals surface area contributed by atoms with Crippen LogP contribution in [0.1, 0.15) is 46.6 Å². The Kier molecular flexibility index (Phi) is 5.45. The van der Waals surface area contributed by atoms with Gasteiger partial charge in [0.15, 0.2) is 0 Å². The molecule has 1 aliphatic rings. The van der Waals surface area contributed by atoms with E-state index in [0.717, 1.165) is 19.0 Å². The molecule has 2 heteroatoms. The zero-order valence-electron chi connectivity index (χ0n) is 14.4. The lowest BCUT2D eigenvalue weighted by atomic mass is 9.81. The molecule has 118 valence electrons. The number of likely N-dealkylation sites (tertiary alicyclic amines) is 1. The summed E-state index contributed by atoms with van der Waals surface area (Å²) in [6.45, 7) is 15.0. The van der Waals surface area contributed by atoms with Gasteiger partial charge < -0.3 is 5.32 Å². The summed E-state index contributed by atoms with van der Waals surface area (Å²) < 4.78 is 0. The van der Waals surface area contributed by atoms with E-state index < -0.39 is 0 Å². The predicted octanol–water partition coefficient (Wildman–Crippen LogP) is 3.67. The van der Waals surface area contributed by atoms with Crippen molar-refractivity contribution in [1.82, 2.24) is 10.2 Å². The molecule has 1 heterocycles. The number of nitrogens with zero attached hydrogens (tertiary/aromatic N) is 1. The van der Waals surface area contributed by atoms with Gasteiger partial charge in [-0.15, -0.1) is 0 Å². The molecule has 1 fully saturated rings. The molecule has 0 aliphatic carbocycles. The standard InChI is InChI=1S/C19H32N2/c1-15(2)20-13-19(5,18-9-7-6-8-10-18)14-21-12-16(3)11-17(21)4/h6-10,15-17,20H,11-14H2,1-5H3. The van der Waals surface area contributed by atoms with E-state index in [4.69, 9.17) is 0 Å². The number of benzene rings is 1. The Bertz CT molecular complexity index is 428. The van der Waals surface area contributed by atoms with Gasteiger partial charge in [-0.1, -0.05) is 58.0 Å². The van der Waals surface area contributed by atoms with E-state index in [1.54, 1.807) is 0 Å². The molecule has 1 aromatic carbocycles. The number of hydrogen-bond acceptors (Lipinski definition) is 2. The highest BCUT2D eigenvalue weighted by molar-refractivity contribution is 5.26. The summed E-state index contributed by atoms with van der Waals surface area (Å²) in [6, 6.07) is 12.3. The molecule has 21 heavy (non-hydrogen) atoms. The minimum atomic E-state index is 0.170. The summed E-state index contributed by atoms with van der Waals surface area (Å²) in [7, 11) is 0. The Morgan fingerprint density at radius 2 is 1.90 bits per heavy atom. The van der Waals surface area contributed by atoms with Crippen LogP contribution in [0.2, 0.25) is 0 Å². The highest BCUT2D eigenvalue weighted by atomic mass is 15.2. The van der Waals surface area contributed by atoms with E-state index in [2.05, 4.69) is 75.2 Å². The topological polar surface area (TPSA) is 15.3 Å². The molecule has 0 bridgehead atoms. The third kappa shape index (κ3) is 4.31. The van der Waals surface area contributed by atoms with Crippen LogP contribution in [0.4, 0.5) is 0 Å². The first-order valence-electron chi connectivity index (χ1n) is 8.43. The molecular weight excluding hydrogens is 256 g/mol. The molecule has 2 rings (SSSR count). The second-order valence-electron chi connectivity index (χ2n) is 7.58. The molecule has 2 nitrogen and oxygen atoms in total. The van der Waals surface area contributed by atoms with Crippen molar-refractivity contribution in [1.29, 1.82) is 0 Å². The molecule has 3 unspecified atom stereocenters. The Morgan fingerprint density at radius 3 is 2.43 bits per heavy atom. The van der Waals surface area contributed by atoms with Crippen molar-refractivity contribution in [3.63, 3.8) is 0 Å². The zero-order valence-corrected chi connectivity index (χ0v) is 14.4. The van der Waals surface area contributed by atoms with E-state index in [1.165, 1.54) is 18.5 Å². The summed E-state index contributed by atoms with van der Waals surface area (Å²) in [5.41, 5.74) is 1.62. The van der Waals surface area contributed by atoms with Crippen LogP contribution in [-0.4, -0.2) is 36.6 Å². The fourth-order valence-corrected chi connectivity index (χ4v) is 3.57. The zero-order chi connectivity index (χ0) is 15.5. The van der Waals surface area contributed by atoms with Gasteiger partial charge in [-0.25, -0.2) is 0 Å². The van der Waals surface area contributed by atoms with Crippen LogP contribution in [0.15, 0.2) is 30.3 Å². The molecule has 1 saturated heterocycles. The van der Waals surface area contributed by atoms with Crippen LogP contribution < -0.4 is 5.32 Å². The van der Waals surface area contributed by atoms with Crippen LogP contribution in [-0.2, 0) is 5.41 Å². The highest BCUT2D eigenvalue weighted by Crippen LogP contribution is 2.30. The number of hydrogen-bond donors (Lipinski definition) is 1. The van der Waals surface area contributed by atoms with Crippen LogP contribution in [0.5, 0.6) is 0 Å². The lowest BCUT2D eigenvalue weighted by Crippen LogP contribution is -2.47. The van der Waals surface area contributed by atoms with Gasteiger partial charge in [-0.05, 0) is 24.8 Å². The van der Waals surface area contributed by atoms with Gasteiger partial charge in [0.2, 0.25) is 0 Å². The lowest BCUT2D eigenvalue weighted by Gasteiger charge is -2.37. The number of rotatable bonds is 6. The number of nitrogens with one attached hydrogen (secondary N) is 1. The molecule has 0 saturated carbocycles. The highest BCUT2D eigenvalue weighted by Gasteiger charge is 2.34. The quantitative estimate of drug-likeness (QED) is 0.859. The maximum absolute atomic E-state index is 3.66. The largest absolute Gasteiger partial charge is 0.314 e. The first-order chi connectivity index (χ1) is 9.90. The van der Waals surface area contributed by atoms with Crippen LogP contribution in [0.3, 0.4) is 0 Å². The minimum absolute atomic E-state index is 0.170. The van der Waals surface area contributed by atoms with Gasteiger partial charge in [0.05, 0.1) is 0 Å². The second kappa shape index (κ2) is 6.93. The summed E-state index contributed by atoms with van der Waals surface area (Å²) in [4.78, 5) is 2.68. The Labute approximate surface area is 130 Å². The van der Waals surface area contributed by atoms with Crippen LogP contribution in [0, 0.1) is 5.92 Å². The monoisotopic (exact) mass is 288 g/mol. The van der Waals surface area contributed by atoms with E-state index >= 15 is 0 Å². The molecule has 1 N–H and O–H groups in total. The molecule has 3 atom stereocenters. The van der Waals surface area contributed by atoms with Crippen molar-refractivity contribution in [3.8, 4) is 0 Å². The van der Waals surface area contributed by atoms with Gasteiger partial charge in [-0.2, -0.15) is 0 Å². The molecule has 0 amide bonds. The normalized spacial score (nSPS) is 26.2. The average molecular weight is 288 g/mol. The van der Waals surface area contributed by atoms with E-state index in [-0.39, 0.29) is 5.41 Å². The van der Waals surface area contributed by atoms with Crippen molar-refractivity contribution in [2.24, 2.45) is 5.92 Å². The first-order valence-corrected chi connectivity index (χ1v) is 8.43. The van der Waals surface area contributed by atoms with Gasteiger partial charge in [0, 0.05) is 37.1 Å². The van der Waals surface area contributed by atoms with Gasteiger partial charge >= 0.3 is 0 Å². The van der Waals surface area contributed by atoms with Gasteiger partial charge in [0.25, 0.3) is 0 Å². The molecule has 0 spiro atoms. The predicted molar refractivity (Wildman–Crippen MR) is 91.7 cm³/mol. The summed E-state index contributed by atoms with van der Waals surface area (Å²) >= 11 is 0. The van der Waals surface area contributed by atoms with Crippen molar-refractivity contribution in [2.75, 3.05) is 19.6 Å². The SMILES string of the molecule is CC1CC(C)N(CC(C)(CNC(C)C)c2ccccc2)C1. The third-order valence-corrected chi connectivity index (χ3v) is 4.84. The molecule has 1 aromatic rings. The first kappa shape index (κ1) is 16.5. The summed E-state index contributed by atoms with van der Waals surface area (Å²) in [5.74, 6) is 0.832. The minimum Gasteiger partial charge on any atom is -0.314 e. The molecule has 1 aliphatic heterocycles. The lowest BCUT2D eigenvalue weighted by molar-refractivity contribution is 0.201. The third-order valence-electron chi connectivity index (χ3n) is 4.84. The molecular formula is C19H32N2. The average Bonchev–Trinajstić information content (AvgIpc) is 2.75. The van der Waals surface area contributed by atoms with Crippen LogP contribution >= 0.6 is 0 Å². The maximum Gasteiger partial charge on any atom is 0.0177 e. The van der Waals surface area contributed by atoms with E-state index in [0.29, 0.717) is 12.1 Å². The fourth-order valence-electron chi connectivity index (χ4n) is 3.57. The Hall–Kier alpha value is -0.860. The summed E-state index contributed by atoms with van der Waals surface area (Å²) in [6.07, 6.45) is 1.34. The second-order valence-corrected chi connectivity index (χ2v) is 7.58.